The monoisotopic (exact) mass is 449 g/mol. The summed E-state index contributed by atoms with van der Waals surface area (Å²) in [6.07, 6.45) is 4.29. The molecule has 2 aromatic carbocycles. The molecule has 4 rings (SSSR count). The highest BCUT2D eigenvalue weighted by Gasteiger charge is 2.16. The third-order valence-corrected chi connectivity index (χ3v) is 5.90. The van der Waals surface area contributed by atoms with E-state index in [1.54, 1.807) is 24.5 Å². The fourth-order valence-electron chi connectivity index (χ4n) is 3.08. The van der Waals surface area contributed by atoms with Crippen LogP contribution in [0.15, 0.2) is 84.3 Å². The van der Waals surface area contributed by atoms with Crippen LogP contribution in [0.4, 0.5) is 5.69 Å². The molecule has 0 aliphatic carbocycles. The number of amides is 1. The van der Waals surface area contributed by atoms with Gasteiger partial charge in [0.2, 0.25) is 5.91 Å². The molecule has 0 radical (unpaired) electrons. The van der Waals surface area contributed by atoms with E-state index in [1.807, 2.05) is 42.5 Å². The van der Waals surface area contributed by atoms with Crippen LogP contribution in [-0.2, 0) is 17.8 Å². The molecule has 0 spiro atoms. The molecule has 8 heteroatoms. The zero-order valence-electron chi connectivity index (χ0n) is 16.6. The van der Waals surface area contributed by atoms with Crippen molar-refractivity contribution >= 4 is 35.0 Å². The number of benzene rings is 2. The molecule has 0 unspecified atom stereocenters. The number of hydrogen-bond acceptors (Lipinski definition) is 5. The number of pyridine rings is 1. The zero-order chi connectivity index (χ0) is 21.5. The lowest BCUT2D eigenvalue weighted by Gasteiger charge is -2.11. The molecule has 0 saturated carbocycles. The molecule has 0 aliphatic heterocycles. The van der Waals surface area contributed by atoms with Crippen LogP contribution in [0.3, 0.4) is 0 Å². The molecule has 0 bridgehead atoms. The van der Waals surface area contributed by atoms with E-state index in [9.17, 15) is 4.79 Å². The average Bonchev–Trinajstić information content (AvgIpc) is 3.22. The van der Waals surface area contributed by atoms with Crippen molar-refractivity contribution in [2.75, 3.05) is 11.1 Å². The van der Waals surface area contributed by atoms with Gasteiger partial charge in [-0.25, -0.2) is 0 Å². The lowest BCUT2D eigenvalue weighted by atomic mass is 10.1. The number of rotatable bonds is 8. The Morgan fingerprint density at radius 1 is 0.968 bits per heavy atom. The first kappa shape index (κ1) is 21.1. The van der Waals surface area contributed by atoms with E-state index < -0.39 is 0 Å². The van der Waals surface area contributed by atoms with Gasteiger partial charge < -0.3 is 9.88 Å². The van der Waals surface area contributed by atoms with Gasteiger partial charge in [0.1, 0.15) is 0 Å². The molecule has 0 saturated heterocycles. The van der Waals surface area contributed by atoms with E-state index in [0.717, 1.165) is 17.8 Å². The van der Waals surface area contributed by atoms with Gasteiger partial charge in [-0.3, -0.25) is 9.78 Å². The number of thioether (sulfide) groups is 1. The average molecular weight is 450 g/mol. The second kappa shape index (κ2) is 10.2. The van der Waals surface area contributed by atoms with Gasteiger partial charge in [0.15, 0.2) is 11.0 Å². The highest BCUT2D eigenvalue weighted by molar-refractivity contribution is 7.99. The number of nitrogens with zero attached hydrogens (tertiary/aromatic N) is 4. The van der Waals surface area contributed by atoms with Gasteiger partial charge >= 0.3 is 0 Å². The van der Waals surface area contributed by atoms with Crippen molar-refractivity contribution in [3.05, 3.63) is 89.7 Å². The fraction of sp³-hybridized carbons (Fsp3) is 0.130. The first-order valence-electron chi connectivity index (χ1n) is 9.75. The summed E-state index contributed by atoms with van der Waals surface area (Å²) in [7, 11) is 0. The number of carbonyl (C=O) groups is 1. The SMILES string of the molecule is O=C(CSc1nnc(-c2ccncc2)n1CCc1ccccc1)Nc1ccccc1Cl. The molecule has 0 aliphatic rings. The quantitative estimate of drug-likeness (QED) is 0.384. The highest BCUT2D eigenvalue weighted by Crippen LogP contribution is 2.25. The van der Waals surface area contributed by atoms with Gasteiger partial charge in [-0.15, -0.1) is 10.2 Å². The number of para-hydroxylation sites is 1. The van der Waals surface area contributed by atoms with Crippen LogP contribution in [-0.4, -0.2) is 31.4 Å². The third-order valence-electron chi connectivity index (χ3n) is 4.60. The lowest BCUT2D eigenvalue weighted by Crippen LogP contribution is -2.15. The topological polar surface area (TPSA) is 72.7 Å². The lowest BCUT2D eigenvalue weighted by molar-refractivity contribution is -0.113. The molecule has 6 nitrogen and oxygen atoms in total. The molecule has 4 aromatic rings. The minimum atomic E-state index is -0.152. The normalized spacial score (nSPS) is 10.7. The van der Waals surface area contributed by atoms with Gasteiger partial charge in [-0.1, -0.05) is 65.8 Å². The minimum absolute atomic E-state index is 0.152. The van der Waals surface area contributed by atoms with Gasteiger partial charge in [0.05, 0.1) is 16.5 Å². The van der Waals surface area contributed by atoms with Gasteiger partial charge in [0.25, 0.3) is 0 Å². The first-order valence-corrected chi connectivity index (χ1v) is 11.1. The number of carbonyl (C=O) groups excluding carboxylic acids is 1. The van der Waals surface area contributed by atoms with Crippen LogP contribution in [0.1, 0.15) is 5.56 Å². The molecule has 0 atom stereocenters. The molecule has 1 amide bonds. The zero-order valence-corrected chi connectivity index (χ0v) is 18.2. The van der Waals surface area contributed by atoms with E-state index in [2.05, 4.69) is 37.2 Å². The van der Waals surface area contributed by atoms with Crippen LogP contribution < -0.4 is 5.32 Å². The summed E-state index contributed by atoms with van der Waals surface area (Å²) in [5, 5.41) is 12.8. The summed E-state index contributed by atoms with van der Waals surface area (Å²) in [5.41, 5.74) is 2.75. The standard InChI is InChI=1S/C23H20ClN5OS/c24-19-8-4-5-9-20(19)26-21(30)16-31-23-28-27-22(18-10-13-25-14-11-18)29(23)15-12-17-6-2-1-3-7-17/h1-11,13-14H,12,15-16H2,(H,26,30). The fourth-order valence-corrected chi connectivity index (χ4v) is 4.02. The Hall–Kier alpha value is -3.16. The Balaban J connectivity index is 1.50. The van der Waals surface area contributed by atoms with E-state index in [0.29, 0.717) is 22.4 Å². The van der Waals surface area contributed by atoms with Gasteiger partial charge in [-0.2, -0.15) is 0 Å². The summed E-state index contributed by atoms with van der Waals surface area (Å²) >= 11 is 7.48. The van der Waals surface area contributed by atoms with E-state index in [-0.39, 0.29) is 11.7 Å². The maximum Gasteiger partial charge on any atom is 0.234 e. The highest BCUT2D eigenvalue weighted by atomic mass is 35.5. The first-order chi connectivity index (χ1) is 15.2. The molecule has 2 heterocycles. The summed E-state index contributed by atoms with van der Waals surface area (Å²) in [6, 6.07) is 21.2. The largest absolute Gasteiger partial charge is 0.324 e. The number of aromatic nitrogens is 4. The third kappa shape index (κ3) is 5.51. The number of anilines is 1. The number of hydrogen-bond donors (Lipinski definition) is 1. The second-order valence-electron chi connectivity index (χ2n) is 6.75. The summed E-state index contributed by atoms with van der Waals surface area (Å²) in [5.74, 6) is 0.805. The van der Waals surface area contributed by atoms with Crippen molar-refractivity contribution < 1.29 is 4.79 Å². The smallest absolute Gasteiger partial charge is 0.234 e. The van der Waals surface area contributed by atoms with Crippen molar-refractivity contribution in [1.29, 1.82) is 0 Å². The van der Waals surface area contributed by atoms with Crippen molar-refractivity contribution in [3.63, 3.8) is 0 Å². The molecule has 156 valence electrons. The van der Waals surface area contributed by atoms with Crippen LogP contribution in [0.5, 0.6) is 0 Å². The van der Waals surface area contributed by atoms with Crippen molar-refractivity contribution in [1.82, 2.24) is 19.7 Å². The van der Waals surface area contributed by atoms with Crippen molar-refractivity contribution in [2.45, 2.75) is 18.1 Å². The van der Waals surface area contributed by atoms with E-state index >= 15 is 0 Å². The minimum Gasteiger partial charge on any atom is -0.324 e. The maximum atomic E-state index is 12.4. The van der Waals surface area contributed by atoms with E-state index in [4.69, 9.17) is 11.6 Å². The molecule has 31 heavy (non-hydrogen) atoms. The summed E-state index contributed by atoms with van der Waals surface area (Å²) < 4.78 is 2.05. The van der Waals surface area contributed by atoms with Crippen LogP contribution in [0.2, 0.25) is 5.02 Å². The van der Waals surface area contributed by atoms with Crippen LogP contribution >= 0.6 is 23.4 Å². The number of nitrogens with one attached hydrogen (secondary N) is 1. The molecule has 2 aromatic heterocycles. The second-order valence-corrected chi connectivity index (χ2v) is 8.10. The summed E-state index contributed by atoms with van der Waals surface area (Å²) in [4.78, 5) is 16.5. The van der Waals surface area contributed by atoms with Crippen molar-refractivity contribution in [2.24, 2.45) is 0 Å². The summed E-state index contributed by atoms with van der Waals surface area (Å²) in [6.45, 7) is 0.698. The number of halogens is 1. The Bertz CT molecular complexity index is 1150. The van der Waals surface area contributed by atoms with Crippen LogP contribution in [0.25, 0.3) is 11.4 Å². The Labute approximate surface area is 189 Å². The molecular weight excluding hydrogens is 430 g/mol. The van der Waals surface area contributed by atoms with Gasteiger partial charge in [-0.05, 0) is 36.2 Å². The maximum absolute atomic E-state index is 12.4. The predicted octanol–water partition coefficient (Wildman–Crippen LogP) is 4.97. The van der Waals surface area contributed by atoms with Crippen molar-refractivity contribution in [3.8, 4) is 11.4 Å². The van der Waals surface area contributed by atoms with Gasteiger partial charge in [0, 0.05) is 24.5 Å². The molecule has 0 fully saturated rings. The Morgan fingerprint density at radius 3 is 2.48 bits per heavy atom. The predicted molar refractivity (Wildman–Crippen MR) is 124 cm³/mol. The molecular formula is C23H20ClN5OS. The molecule has 1 N–H and O–H groups in total. The Morgan fingerprint density at radius 2 is 1.71 bits per heavy atom. The number of aryl methyl sites for hydroxylation is 1. The van der Waals surface area contributed by atoms with Crippen LogP contribution in [0, 0.1) is 0 Å². The van der Waals surface area contributed by atoms with E-state index in [1.165, 1.54) is 17.3 Å². The Kier molecular flexibility index (Phi) is 6.96.